The van der Waals surface area contributed by atoms with E-state index in [2.05, 4.69) is 9.47 Å². The molecule has 0 spiro atoms. The zero-order valence-corrected chi connectivity index (χ0v) is 16.9. The number of ether oxygens (including phenoxy) is 3. The third kappa shape index (κ3) is 8.38. The van der Waals surface area contributed by atoms with E-state index in [0.717, 1.165) is 0 Å². The Balaban J connectivity index is 4.61. The molecule has 0 bridgehead atoms. The van der Waals surface area contributed by atoms with Crippen LogP contribution in [0.3, 0.4) is 0 Å². The molecule has 0 heterocycles. The van der Waals surface area contributed by atoms with Crippen molar-refractivity contribution in [3.8, 4) is 0 Å². The minimum Gasteiger partial charge on any atom is -0.462 e. The third-order valence-corrected chi connectivity index (χ3v) is 4.65. The number of hydrogen-bond donors (Lipinski definition) is 1. The van der Waals surface area contributed by atoms with Gasteiger partial charge in [0.1, 0.15) is 13.2 Å². The van der Waals surface area contributed by atoms with Crippen LogP contribution in [0.15, 0.2) is 0 Å². The molecule has 0 aromatic rings. The number of halogens is 5. The molecule has 0 saturated heterocycles. The van der Waals surface area contributed by atoms with Crippen molar-refractivity contribution in [2.75, 3.05) is 13.2 Å². The Morgan fingerprint density at radius 3 is 1.83 bits per heavy atom. The number of carbonyl (C=O) groups is 3. The summed E-state index contributed by atoms with van der Waals surface area (Å²) in [6.45, 7) is 4.20. The summed E-state index contributed by atoms with van der Waals surface area (Å²) in [7, 11) is -6.56. The summed E-state index contributed by atoms with van der Waals surface area (Å²) in [4.78, 5) is 34.4. The van der Waals surface area contributed by atoms with E-state index in [-0.39, 0.29) is 6.61 Å². The Hall–Kier alpha value is -2.03. The standard InChI is InChI=1S/C15H21F5O9S/c1-4-13(2,3)12(23)28-8-7-27-9(21)5-6-10(22)29-11(14(16,17)18)15(19,20)30(24,25)26/h11H,4-8H2,1-3H3,(H,24,25,26). The van der Waals surface area contributed by atoms with Crippen molar-refractivity contribution in [2.45, 2.75) is 57.6 Å². The SMILES string of the molecule is CCC(C)(C)C(=O)OCCOC(=O)CCC(=O)OC(C(F)(F)F)C(F)(F)S(=O)(=O)O. The van der Waals surface area contributed by atoms with E-state index in [9.17, 15) is 44.8 Å². The van der Waals surface area contributed by atoms with Crippen LogP contribution in [0.4, 0.5) is 22.0 Å². The second-order valence-electron chi connectivity index (χ2n) is 6.54. The highest BCUT2D eigenvalue weighted by atomic mass is 32.2. The zero-order chi connectivity index (χ0) is 24.0. The lowest BCUT2D eigenvalue weighted by molar-refractivity contribution is -0.259. The minimum atomic E-state index is -6.56. The molecule has 0 aliphatic heterocycles. The molecule has 0 fully saturated rings. The Morgan fingerprint density at radius 1 is 0.933 bits per heavy atom. The summed E-state index contributed by atoms with van der Waals surface area (Å²) in [5.74, 6) is -3.71. The number of esters is 3. The Bertz CT molecular complexity index is 731. The lowest BCUT2D eigenvalue weighted by Gasteiger charge is -2.26. The molecular formula is C15H21F5O9S. The van der Waals surface area contributed by atoms with E-state index in [4.69, 9.17) is 9.29 Å². The highest BCUT2D eigenvalue weighted by Crippen LogP contribution is 2.38. The van der Waals surface area contributed by atoms with E-state index < -0.39 is 70.4 Å². The van der Waals surface area contributed by atoms with Gasteiger partial charge in [-0.15, -0.1) is 0 Å². The zero-order valence-electron chi connectivity index (χ0n) is 16.1. The smallest absolute Gasteiger partial charge is 0.432 e. The quantitative estimate of drug-likeness (QED) is 0.158. The van der Waals surface area contributed by atoms with Crippen molar-refractivity contribution in [2.24, 2.45) is 5.41 Å². The Labute approximate surface area is 168 Å². The number of carbonyl (C=O) groups excluding carboxylic acids is 3. The van der Waals surface area contributed by atoms with Gasteiger partial charge in [0.05, 0.1) is 18.3 Å². The first-order valence-corrected chi connectivity index (χ1v) is 9.74. The first-order chi connectivity index (χ1) is 13.4. The summed E-state index contributed by atoms with van der Waals surface area (Å²) >= 11 is 0. The predicted molar refractivity (Wildman–Crippen MR) is 87.7 cm³/mol. The molecule has 1 unspecified atom stereocenters. The summed E-state index contributed by atoms with van der Waals surface area (Å²) in [5, 5.41) is -5.86. The highest BCUT2D eigenvalue weighted by molar-refractivity contribution is 7.86. The molecule has 1 atom stereocenters. The van der Waals surface area contributed by atoms with Crippen LogP contribution < -0.4 is 0 Å². The van der Waals surface area contributed by atoms with E-state index in [1.54, 1.807) is 20.8 Å². The molecule has 30 heavy (non-hydrogen) atoms. The van der Waals surface area contributed by atoms with Gasteiger partial charge >= 0.3 is 39.5 Å². The van der Waals surface area contributed by atoms with E-state index in [0.29, 0.717) is 6.42 Å². The normalized spacial score (nSPS) is 14.0. The molecule has 0 radical (unpaired) electrons. The molecular weight excluding hydrogens is 451 g/mol. The fourth-order valence-corrected chi connectivity index (χ4v) is 2.01. The molecule has 0 rings (SSSR count). The molecule has 0 aliphatic rings. The van der Waals surface area contributed by atoms with Crippen LogP contribution in [0.5, 0.6) is 0 Å². The Morgan fingerprint density at radius 2 is 1.40 bits per heavy atom. The lowest BCUT2D eigenvalue weighted by Crippen LogP contribution is -2.52. The van der Waals surface area contributed by atoms with Crippen molar-refractivity contribution in [3.05, 3.63) is 0 Å². The molecule has 176 valence electrons. The van der Waals surface area contributed by atoms with Crippen molar-refractivity contribution in [1.29, 1.82) is 0 Å². The van der Waals surface area contributed by atoms with E-state index in [1.807, 2.05) is 0 Å². The number of alkyl halides is 5. The van der Waals surface area contributed by atoms with Gasteiger partial charge in [-0.25, -0.2) is 0 Å². The second-order valence-corrected chi connectivity index (χ2v) is 8.04. The molecule has 0 aliphatic carbocycles. The lowest BCUT2D eigenvalue weighted by atomic mass is 9.91. The summed E-state index contributed by atoms with van der Waals surface area (Å²) in [6, 6.07) is 0. The number of hydrogen-bond acceptors (Lipinski definition) is 8. The minimum absolute atomic E-state index is 0.338. The van der Waals surface area contributed by atoms with Gasteiger partial charge in [-0.05, 0) is 20.3 Å². The average Bonchev–Trinajstić information content (AvgIpc) is 2.59. The largest absolute Gasteiger partial charge is 0.462 e. The summed E-state index contributed by atoms with van der Waals surface area (Å²) in [6.07, 6.45) is -12.1. The van der Waals surface area contributed by atoms with E-state index >= 15 is 0 Å². The topological polar surface area (TPSA) is 133 Å². The fourth-order valence-electron chi connectivity index (χ4n) is 1.56. The first kappa shape index (κ1) is 28.0. The molecule has 0 aromatic heterocycles. The van der Waals surface area contributed by atoms with Crippen molar-refractivity contribution in [3.63, 3.8) is 0 Å². The summed E-state index contributed by atoms with van der Waals surface area (Å²) < 4.78 is 106. The van der Waals surface area contributed by atoms with Crippen LogP contribution >= 0.6 is 0 Å². The van der Waals surface area contributed by atoms with Crippen molar-refractivity contribution < 1.29 is 63.5 Å². The monoisotopic (exact) mass is 472 g/mol. The van der Waals surface area contributed by atoms with Crippen LogP contribution in [0, 0.1) is 5.41 Å². The average molecular weight is 472 g/mol. The maximum absolute atomic E-state index is 13.3. The van der Waals surface area contributed by atoms with Gasteiger partial charge in [0, 0.05) is 0 Å². The van der Waals surface area contributed by atoms with Gasteiger partial charge in [-0.1, -0.05) is 6.92 Å². The molecule has 9 nitrogen and oxygen atoms in total. The maximum Gasteiger partial charge on any atom is 0.432 e. The first-order valence-electron chi connectivity index (χ1n) is 8.30. The second kappa shape index (κ2) is 10.3. The van der Waals surface area contributed by atoms with Gasteiger partial charge in [0.2, 0.25) is 0 Å². The maximum atomic E-state index is 13.3. The van der Waals surface area contributed by atoms with E-state index in [1.165, 1.54) is 0 Å². The van der Waals surface area contributed by atoms with Crippen LogP contribution in [0.25, 0.3) is 0 Å². The van der Waals surface area contributed by atoms with Gasteiger partial charge in [0.25, 0.3) is 6.10 Å². The van der Waals surface area contributed by atoms with Crippen LogP contribution in [-0.4, -0.2) is 61.6 Å². The fraction of sp³-hybridized carbons (Fsp3) is 0.800. The summed E-state index contributed by atoms with van der Waals surface area (Å²) in [5.41, 5.74) is -0.771. The van der Waals surface area contributed by atoms with Gasteiger partial charge in [-0.2, -0.15) is 30.4 Å². The van der Waals surface area contributed by atoms with Gasteiger partial charge in [-0.3, -0.25) is 18.9 Å². The number of rotatable bonds is 11. The molecule has 0 aromatic carbocycles. The van der Waals surface area contributed by atoms with Crippen LogP contribution in [0.2, 0.25) is 0 Å². The van der Waals surface area contributed by atoms with Crippen molar-refractivity contribution >= 4 is 28.0 Å². The van der Waals surface area contributed by atoms with Gasteiger partial charge < -0.3 is 14.2 Å². The predicted octanol–water partition coefficient (Wildman–Crippen LogP) is 2.24. The van der Waals surface area contributed by atoms with Crippen LogP contribution in [0.1, 0.15) is 40.0 Å². The molecule has 0 amide bonds. The molecule has 1 N–H and O–H groups in total. The third-order valence-electron chi connectivity index (χ3n) is 3.75. The highest BCUT2D eigenvalue weighted by Gasteiger charge is 2.66. The van der Waals surface area contributed by atoms with Crippen molar-refractivity contribution in [1.82, 2.24) is 0 Å². The molecule has 0 saturated carbocycles. The van der Waals surface area contributed by atoms with Gasteiger partial charge in [0.15, 0.2) is 0 Å². The molecule has 15 heteroatoms. The Kier molecular flexibility index (Phi) is 9.63. The van der Waals surface area contributed by atoms with Crippen LogP contribution in [-0.2, 0) is 38.7 Å².